The number of carbonyl (C=O) groups excluding carboxylic acids is 2. The van der Waals surface area contributed by atoms with E-state index in [1.807, 2.05) is 12.1 Å². The van der Waals surface area contributed by atoms with E-state index in [1.165, 1.54) is 18.9 Å². The van der Waals surface area contributed by atoms with Gasteiger partial charge >= 0.3 is 5.97 Å². The molecule has 1 atom stereocenters. The molecule has 0 aromatic heterocycles. The summed E-state index contributed by atoms with van der Waals surface area (Å²) in [5.41, 5.74) is 2.34. The van der Waals surface area contributed by atoms with Crippen LogP contribution in [0.15, 0.2) is 47.4 Å². The van der Waals surface area contributed by atoms with Crippen LogP contribution < -0.4 is 9.47 Å². The Hall–Kier alpha value is -2.68. The van der Waals surface area contributed by atoms with Crippen LogP contribution >= 0.6 is 24.0 Å². The molecule has 2 aromatic carbocycles. The molecular weight excluding hydrogens is 482 g/mol. The first-order valence-electron chi connectivity index (χ1n) is 11.5. The topological polar surface area (TPSA) is 65.1 Å². The molecule has 2 heterocycles. The predicted octanol–water partition coefficient (Wildman–Crippen LogP) is 5.59. The van der Waals surface area contributed by atoms with Gasteiger partial charge in [0.15, 0.2) is 11.5 Å². The van der Waals surface area contributed by atoms with Crippen molar-refractivity contribution in [3.8, 4) is 11.5 Å². The molecule has 1 amide bonds. The van der Waals surface area contributed by atoms with Crippen LogP contribution in [0.1, 0.15) is 55.1 Å². The Labute approximate surface area is 215 Å². The molecule has 2 saturated heterocycles. The Morgan fingerprint density at radius 3 is 2.57 bits per heavy atom. The number of methoxy groups -OCH3 is 1. The molecule has 6 nitrogen and oxygen atoms in total. The van der Waals surface area contributed by atoms with Crippen LogP contribution in [-0.2, 0) is 14.9 Å². The van der Waals surface area contributed by atoms with E-state index >= 15 is 0 Å². The summed E-state index contributed by atoms with van der Waals surface area (Å²) in [5, 5.41) is 0. The molecule has 0 saturated carbocycles. The quantitative estimate of drug-likeness (QED) is 0.217. The largest absolute Gasteiger partial charge is 0.493 e. The Morgan fingerprint density at radius 1 is 1.20 bits per heavy atom. The SMILES string of the molecule is COc1cc(/C=C2\SC(=S)N(C[C@H]3CCCO3)C2=O)ccc1OC(=O)c1ccc(C(C)(C)C)cc1. The molecule has 0 aliphatic carbocycles. The zero-order valence-electron chi connectivity index (χ0n) is 20.3. The number of thiocarbonyl (C=S) groups is 1. The van der Waals surface area contributed by atoms with Crippen molar-refractivity contribution in [2.75, 3.05) is 20.3 Å². The maximum absolute atomic E-state index is 12.9. The summed E-state index contributed by atoms with van der Waals surface area (Å²) < 4.78 is 17.2. The highest BCUT2D eigenvalue weighted by Crippen LogP contribution is 2.35. The molecule has 2 aliphatic heterocycles. The third-order valence-electron chi connectivity index (χ3n) is 5.96. The van der Waals surface area contributed by atoms with Crippen molar-refractivity contribution < 1.29 is 23.8 Å². The number of esters is 1. The second kappa shape index (κ2) is 10.5. The van der Waals surface area contributed by atoms with Crippen molar-refractivity contribution in [1.82, 2.24) is 4.90 Å². The second-order valence-corrected chi connectivity index (χ2v) is 11.2. The van der Waals surface area contributed by atoms with Gasteiger partial charge in [-0.15, -0.1) is 0 Å². The van der Waals surface area contributed by atoms with Gasteiger partial charge in [-0.3, -0.25) is 9.69 Å². The minimum atomic E-state index is -0.466. The van der Waals surface area contributed by atoms with Crippen LogP contribution in [0, 0.1) is 0 Å². The van der Waals surface area contributed by atoms with E-state index in [0.29, 0.717) is 32.8 Å². The normalized spacial score (nSPS) is 19.5. The summed E-state index contributed by atoms with van der Waals surface area (Å²) in [5.74, 6) is 0.115. The van der Waals surface area contributed by atoms with Crippen LogP contribution in [0.2, 0.25) is 0 Å². The number of thioether (sulfide) groups is 1. The van der Waals surface area contributed by atoms with Gasteiger partial charge in [0.1, 0.15) is 4.32 Å². The average Bonchev–Trinajstić information content (AvgIpc) is 3.43. The van der Waals surface area contributed by atoms with Crippen LogP contribution in [0.3, 0.4) is 0 Å². The molecule has 184 valence electrons. The molecule has 2 aliphatic rings. The number of carbonyl (C=O) groups is 2. The van der Waals surface area contributed by atoms with Crippen molar-refractivity contribution in [3.05, 3.63) is 64.1 Å². The van der Waals surface area contributed by atoms with Crippen molar-refractivity contribution >= 4 is 46.3 Å². The number of rotatable bonds is 6. The summed E-state index contributed by atoms with van der Waals surface area (Å²) in [6.07, 6.45) is 3.76. The minimum absolute atomic E-state index is 0.0000323. The monoisotopic (exact) mass is 511 g/mol. The van der Waals surface area contributed by atoms with Gasteiger partial charge in [0.25, 0.3) is 5.91 Å². The van der Waals surface area contributed by atoms with E-state index in [-0.39, 0.29) is 17.4 Å². The zero-order valence-corrected chi connectivity index (χ0v) is 22.0. The number of hydrogen-bond donors (Lipinski definition) is 0. The smallest absolute Gasteiger partial charge is 0.343 e. The lowest BCUT2D eigenvalue weighted by Gasteiger charge is -2.19. The number of benzene rings is 2. The average molecular weight is 512 g/mol. The van der Waals surface area contributed by atoms with Crippen molar-refractivity contribution in [3.63, 3.8) is 0 Å². The molecule has 0 unspecified atom stereocenters. The maximum Gasteiger partial charge on any atom is 0.343 e. The summed E-state index contributed by atoms with van der Waals surface area (Å²) in [6.45, 7) is 7.57. The molecular formula is C27H29NO5S2. The molecule has 0 radical (unpaired) electrons. The number of ether oxygens (including phenoxy) is 3. The fourth-order valence-corrected chi connectivity index (χ4v) is 5.20. The summed E-state index contributed by atoms with van der Waals surface area (Å²) in [4.78, 5) is 27.8. The predicted molar refractivity (Wildman–Crippen MR) is 142 cm³/mol. The Balaban J connectivity index is 1.47. The number of nitrogens with zero attached hydrogens (tertiary/aromatic N) is 1. The first-order valence-corrected chi connectivity index (χ1v) is 12.8. The van der Waals surface area contributed by atoms with Crippen LogP contribution in [0.25, 0.3) is 6.08 Å². The van der Waals surface area contributed by atoms with Crippen LogP contribution in [0.5, 0.6) is 11.5 Å². The van der Waals surface area contributed by atoms with E-state index in [2.05, 4.69) is 20.8 Å². The Kier molecular flexibility index (Phi) is 7.64. The lowest BCUT2D eigenvalue weighted by molar-refractivity contribution is -0.123. The first-order chi connectivity index (χ1) is 16.7. The molecule has 2 aromatic rings. The van der Waals surface area contributed by atoms with Crippen LogP contribution in [0.4, 0.5) is 0 Å². The van der Waals surface area contributed by atoms with Gasteiger partial charge in [-0.25, -0.2) is 4.79 Å². The fraction of sp³-hybridized carbons (Fsp3) is 0.370. The van der Waals surface area contributed by atoms with E-state index in [4.69, 9.17) is 26.4 Å². The molecule has 0 N–H and O–H groups in total. The molecule has 8 heteroatoms. The minimum Gasteiger partial charge on any atom is -0.493 e. The molecule has 0 spiro atoms. The standard InChI is InChI=1S/C27H29NO5S2/c1-27(2,3)19-10-8-18(9-11-19)25(30)33-21-12-7-17(14-22(21)31-4)15-23-24(29)28(26(34)35-23)16-20-6-5-13-32-20/h7-12,14-15,20H,5-6,13,16H2,1-4H3/b23-15-/t20-/m1/s1. The molecule has 4 rings (SSSR count). The van der Waals surface area contributed by atoms with Gasteiger partial charge in [-0.1, -0.05) is 63.0 Å². The number of amides is 1. The lowest BCUT2D eigenvalue weighted by Crippen LogP contribution is -2.35. The highest BCUT2D eigenvalue weighted by molar-refractivity contribution is 8.26. The first kappa shape index (κ1) is 25.4. The third kappa shape index (κ3) is 5.94. The third-order valence-corrected chi connectivity index (χ3v) is 7.34. The van der Waals surface area contributed by atoms with E-state index < -0.39 is 5.97 Å². The van der Waals surface area contributed by atoms with Gasteiger partial charge in [0.2, 0.25) is 0 Å². The lowest BCUT2D eigenvalue weighted by atomic mass is 9.87. The Bertz CT molecular complexity index is 1160. The van der Waals surface area contributed by atoms with Gasteiger partial charge in [-0.2, -0.15) is 0 Å². The van der Waals surface area contributed by atoms with Gasteiger partial charge in [0.05, 0.1) is 30.2 Å². The summed E-state index contributed by atoms with van der Waals surface area (Å²) in [7, 11) is 1.51. The summed E-state index contributed by atoms with van der Waals surface area (Å²) >= 11 is 6.70. The second-order valence-electron chi connectivity index (χ2n) is 9.55. The van der Waals surface area contributed by atoms with Gasteiger partial charge in [0, 0.05) is 6.61 Å². The van der Waals surface area contributed by atoms with Gasteiger partial charge in [-0.05, 0) is 59.7 Å². The van der Waals surface area contributed by atoms with Crippen molar-refractivity contribution in [2.45, 2.75) is 45.1 Å². The highest BCUT2D eigenvalue weighted by Gasteiger charge is 2.34. The molecule has 2 fully saturated rings. The van der Waals surface area contributed by atoms with E-state index in [9.17, 15) is 9.59 Å². The Morgan fingerprint density at radius 2 is 1.94 bits per heavy atom. The molecule has 0 bridgehead atoms. The van der Waals surface area contributed by atoms with Crippen molar-refractivity contribution in [1.29, 1.82) is 0 Å². The van der Waals surface area contributed by atoms with Crippen LogP contribution in [-0.4, -0.2) is 47.5 Å². The van der Waals surface area contributed by atoms with E-state index in [0.717, 1.165) is 30.6 Å². The fourth-order valence-electron chi connectivity index (χ4n) is 3.92. The molecule has 35 heavy (non-hydrogen) atoms. The zero-order chi connectivity index (χ0) is 25.2. The maximum atomic E-state index is 12.9. The van der Waals surface area contributed by atoms with Crippen molar-refractivity contribution in [2.24, 2.45) is 0 Å². The van der Waals surface area contributed by atoms with E-state index in [1.54, 1.807) is 41.3 Å². The summed E-state index contributed by atoms with van der Waals surface area (Å²) in [6, 6.07) is 12.6. The number of hydrogen-bond acceptors (Lipinski definition) is 7. The van der Waals surface area contributed by atoms with Gasteiger partial charge < -0.3 is 14.2 Å². The highest BCUT2D eigenvalue weighted by atomic mass is 32.2.